The topological polar surface area (TPSA) is 25.2 Å². The Morgan fingerprint density at radius 1 is 1.50 bits per heavy atom. The van der Waals surface area contributed by atoms with Crippen molar-refractivity contribution in [2.75, 3.05) is 0 Å². The fraction of sp³-hybridized carbons (Fsp3) is 0.429. The Hall–Kier alpha value is -0.970. The van der Waals surface area contributed by atoms with Crippen molar-refractivity contribution in [1.29, 1.82) is 0 Å². The van der Waals surface area contributed by atoms with E-state index in [1.807, 2.05) is 0 Å². The molecule has 5 heteroatoms. The zero-order valence-corrected chi connectivity index (χ0v) is 6.34. The SMILES string of the molecule is Cn1cccc1C(O)C(F)(F)F. The lowest BCUT2D eigenvalue weighted by molar-refractivity contribution is -0.208. The first-order chi connectivity index (χ1) is 5.43. The lowest BCUT2D eigenvalue weighted by Crippen LogP contribution is -2.22. The molecule has 0 saturated heterocycles. The minimum absolute atomic E-state index is 0.150. The molecule has 12 heavy (non-hydrogen) atoms. The average molecular weight is 179 g/mol. The van der Waals surface area contributed by atoms with Crippen molar-refractivity contribution in [2.45, 2.75) is 12.3 Å². The van der Waals surface area contributed by atoms with Gasteiger partial charge in [-0.05, 0) is 12.1 Å². The molecule has 1 unspecified atom stereocenters. The first kappa shape index (κ1) is 9.12. The van der Waals surface area contributed by atoms with Crippen molar-refractivity contribution in [3.63, 3.8) is 0 Å². The molecule has 1 rings (SSSR count). The van der Waals surface area contributed by atoms with Crippen LogP contribution >= 0.6 is 0 Å². The van der Waals surface area contributed by atoms with Crippen LogP contribution in [0, 0.1) is 0 Å². The molecule has 1 aromatic heterocycles. The van der Waals surface area contributed by atoms with E-state index in [1.54, 1.807) is 0 Å². The van der Waals surface area contributed by atoms with E-state index in [0.717, 1.165) is 0 Å². The van der Waals surface area contributed by atoms with E-state index in [-0.39, 0.29) is 5.69 Å². The van der Waals surface area contributed by atoms with Gasteiger partial charge in [-0.15, -0.1) is 0 Å². The van der Waals surface area contributed by atoms with Crippen molar-refractivity contribution in [2.24, 2.45) is 7.05 Å². The quantitative estimate of drug-likeness (QED) is 0.696. The maximum absolute atomic E-state index is 11.9. The number of alkyl halides is 3. The highest BCUT2D eigenvalue weighted by molar-refractivity contribution is 5.11. The van der Waals surface area contributed by atoms with Crippen molar-refractivity contribution in [1.82, 2.24) is 4.57 Å². The molecule has 2 nitrogen and oxygen atoms in total. The second-order valence-electron chi connectivity index (χ2n) is 2.49. The molecule has 0 amide bonds. The average Bonchev–Trinajstić information content (AvgIpc) is 2.31. The van der Waals surface area contributed by atoms with Crippen LogP contribution in [0.15, 0.2) is 18.3 Å². The normalized spacial score (nSPS) is 14.8. The Morgan fingerprint density at radius 2 is 2.08 bits per heavy atom. The number of nitrogens with zero attached hydrogens (tertiary/aromatic N) is 1. The van der Waals surface area contributed by atoms with Gasteiger partial charge in [0.25, 0.3) is 0 Å². The Morgan fingerprint density at radius 3 is 2.42 bits per heavy atom. The van der Waals surface area contributed by atoms with Gasteiger partial charge in [0.1, 0.15) is 0 Å². The molecular formula is C7H8F3NO. The third-order valence-corrected chi connectivity index (χ3v) is 1.57. The number of hydrogen-bond acceptors (Lipinski definition) is 1. The molecule has 0 spiro atoms. The maximum Gasteiger partial charge on any atom is 0.420 e. The molecule has 0 aliphatic rings. The van der Waals surface area contributed by atoms with Crippen LogP contribution in [-0.4, -0.2) is 15.8 Å². The summed E-state index contributed by atoms with van der Waals surface area (Å²) in [6, 6.07) is 2.68. The molecule has 0 aliphatic heterocycles. The molecule has 1 heterocycles. The molecule has 0 aromatic carbocycles. The van der Waals surface area contributed by atoms with Crippen LogP contribution in [0.4, 0.5) is 13.2 Å². The van der Waals surface area contributed by atoms with Gasteiger partial charge in [-0.3, -0.25) is 0 Å². The van der Waals surface area contributed by atoms with Gasteiger partial charge in [0, 0.05) is 13.2 Å². The van der Waals surface area contributed by atoms with Crippen molar-refractivity contribution < 1.29 is 18.3 Å². The molecule has 1 atom stereocenters. The zero-order chi connectivity index (χ0) is 9.35. The summed E-state index contributed by atoms with van der Waals surface area (Å²) in [7, 11) is 1.45. The second kappa shape index (κ2) is 2.82. The summed E-state index contributed by atoms with van der Waals surface area (Å²) in [6.07, 6.45) is -5.53. The van der Waals surface area contributed by atoms with Gasteiger partial charge in [0.2, 0.25) is 0 Å². The van der Waals surface area contributed by atoms with Crippen molar-refractivity contribution in [3.05, 3.63) is 24.0 Å². The lowest BCUT2D eigenvalue weighted by Gasteiger charge is -2.14. The molecule has 0 fully saturated rings. The molecule has 0 bridgehead atoms. The fourth-order valence-electron chi connectivity index (χ4n) is 0.926. The van der Waals surface area contributed by atoms with E-state index in [4.69, 9.17) is 5.11 Å². The van der Waals surface area contributed by atoms with E-state index in [2.05, 4.69) is 0 Å². The van der Waals surface area contributed by atoms with E-state index in [1.165, 1.54) is 29.9 Å². The standard InChI is InChI=1S/C7H8F3NO/c1-11-4-2-3-5(11)6(12)7(8,9)10/h2-4,6,12H,1H3. The van der Waals surface area contributed by atoms with Crippen LogP contribution in [0.2, 0.25) is 0 Å². The van der Waals surface area contributed by atoms with Crippen LogP contribution in [0.3, 0.4) is 0 Å². The van der Waals surface area contributed by atoms with Crippen LogP contribution in [0.5, 0.6) is 0 Å². The third-order valence-electron chi connectivity index (χ3n) is 1.57. The minimum atomic E-state index is -4.59. The highest BCUT2D eigenvalue weighted by Gasteiger charge is 2.40. The van der Waals surface area contributed by atoms with Crippen LogP contribution in [0.25, 0.3) is 0 Å². The smallest absolute Gasteiger partial charge is 0.378 e. The van der Waals surface area contributed by atoms with Gasteiger partial charge in [-0.2, -0.15) is 13.2 Å². The Labute approximate surface area is 67.2 Å². The first-order valence-electron chi connectivity index (χ1n) is 3.29. The van der Waals surface area contributed by atoms with E-state index in [0.29, 0.717) is 0 Å². The summed E-state index contributed by atoms with van der Waals surface area (Å²) >= 11 is 0. The van der Waals surface area contributed by atoms with Crippen LogP contribution < -0.4 is 0 Å². The van der Waals surface area contributed by atoms with Gasteiger partial charge >= 0.3 is 6.18 Å². The molecule has 68 valence electrons. The van der Waals surface area contributed by atoms with Gasteiger partial charge in [0.05, 0.1) is 5.69 Å². The monoisotopic (exact) mass is 179 g/mol. The summed E-state index contributed by atoms with van der Waals surface area (Å²) in [5.74, 6) is 0. The summed E-state index contributed by atoms with van der Waals surface area (Å²) in [5, 5.41) is 8.78. The number of aliphatic hydroxyl groups is 1. The molecule has 0 radical (unpaired) electrons. The summed E-state index contributed by atoms with van der Waals surface area (Å²) in [5.41, 5.74) is -0.150. The van der Waals surface area contributed by atoms with E-state index < -0.39 is 12.3 Å². The summed E-state index contributed by atoms with van der Waals surface area (Å²) < 4.78 is 37.0. The zero-order valence-electron chi connectivity index (χ0n) is 6.34. The molecule has 1 aromatic rings. The first-order valence-corrected chi connectivity index (χ1v) is 3.29. The second-order valence-corrected chi connectivity index (χ2v) is 2.49. The molecule has 0 aliphatic carbocycles. The number of aryl methyl sites for hydroxylation is 1. The number of hydrogen-bond donors (Lipinski definition) is 1. The summed E-state index contributed by atoms with van der Waals surface area (Å²) in [6.45, 7) is 0. The van der Waals surface area contributed by atoms with Crippen molar-refractivity contribution in [3.8, 4) is 0 Å². The van der Waals surface area contributed by atoms with Gasteiger partial charge in [0.15, 0.2) is 6.10 Å². The number of rotatable bonds is 1. The Balaban J connectivity index is 2.92. The lowest BCUT2D eigenvalue weighted by atomic mass is 10.2. The van der Waals surface area contributed by atoms with Gasteiger partial charge < -0.3 is 9.67 Å². The molecule has 0 saturated carbocycles. The third kappa shape index (κ3) is 1.61. The number of halogens is 3. The van der Waals surface area contributed by atoms with Gasteiger partial charge in [-0.1, -0.05) is 0 Å². The highest BCUT2D eigenvalue weighted by Crippen LogP contribution is 2.31. The van der Waals surface area contributed by atoms with Crippen LogP contribution in [0.1, 0.15) is 11.8 Å². The van der Waals surface area contributed by atoms with E-state index in [9.17, 15) is 13.2 Å². The Bertz CT molecular complexity index is 266. The largest absolute Gasteiger partial charge is 0.420 e. The highest BCUT2D eigenvalue weighted by atomic mass is 19.4. The summed E-state index contributed by atoms with van der Waals surface area (Å²) in [4.78, 5) is 0. The fourth-order valence-corrected chi connectivity index (χ4v) is 0.926. The van der Waals surface area contributed by atoms with Gasteiger partial charge in [-0.25, -0.2) is 0 Å². The van der Waals surface area contributed by atoms with Crippen molar-refractivity contribution >= 4 is 0 Å². The Kier molecular flexibility index (Phi) is 2.14. The van der Waals surface area contributed by atoms with E-state index >= 15 is 0 Å². The predicted molar refractivity (Wildman–Crippen MR) is 36.4 cm³/mol. The minimum Gasteiger partial charge on any atom is -0.378 e. The molecular weight excluding hydrogens is 171 g/mol. The predicted octanol–water partition coefficient (Wildman–Crippen LogP) is 1.62. The van der Waals surface area contributed by atoms with Crippen LogP contribution in [-0.2, 0) is 7.05 Å². The molecule has 1 N–H and O–H groups in total. The number of aliphatic hydroxyl groups excluding tert-OH is 1. The number of aromatic nitrogens is 1. The maximum atomic E-state index is 11.9.